The first-order valence-corrected chi connectivity index (χ1v) is 8.36. The highest BCUT2D eigenvalue weighted by Gasteiger charge is 2.08. The smallest absolute Gasteiger partial charge is 0.124 e. The Morgan fingerprint density at radius 1 is 0.875 bits per heavy atom. The molecule has 3 aromatic rings. The van der Waals surface area contributed by atoms with Crippen LogP contribution in [0.1, 0.15) is 16.9 Å². The molecule has 0 radical (unpaired) electrons. The molecule has 3 nitrogen and oxygen atoms in total. The molecule has 0 saturated heterocycles. The molecule has 1 N–H and O–H groups in total. The number of nitrogens with one attached hydrogen (secondary N) is 1. The maximum absolute atomic E-state index is 6.19. The van der Waals surface area contributed by atoms with Crippen molar-refractivity contribution < 1.29 is 9.15 Å². The van der Waals surface area contributed by atoms with Crippen LogP contribution in [0.15, 0.2) is 65.3 Å². The van der Waals surface area contributed by atoms with Crippen molar-refractivity contribution in [1.82, 2.24) is 5.32 Å². The second kappa shape index (κ2) is 8.25. The standard InChI is InChI=1S/C19H17Cl2NO2/c20-17-7-3-8-18(21)16(17)13-24-19-9-2-1-5-14(19)11-22-12-15-6-4-10-23-15/h1-10,22H,11-13H2. The minimum absolute atomic E-state index is 0.327. The molecule has 0 aliphatic rings. The van der Waals surface area contributed by atoms with E-state index in [1.807, 2.05) is 54.6 Å². The normalized spacial score (nSPS) is 10.8. The Balaban J connectivity index is 1.63. The molecule has 1 aromatic heterocycles. The van der Waals surface area contributed by atoms with Gasteiger partial charge in [-0.2, -0.15) is 0 Å². The molecule has 0 aliphatic carbocycles. The molecule has 0 fully saturated rings. The lowest BCUT2D eigenvalue weighted by Gasteiger charge is -2.13. The maximum Gasteiger partial charge on any atom is 0.124 e. The van der Waals surface area contributed by atoms with Gasteiger partial charge in [0.25, 0.3) is 0 Å². The number of halogens is 2. The summed E-state index contributed by atoms with van der Waals surface area (Å²) in [4.78, 5) is 0. The number of hydrogen-bond acceptors (Lipinski definition) is 3. The first-order valence-electron chi connectivity index (χ1n) is 7.61. The zero-order valence-corrected chi connectivity index (χ0v) is 14.5. The fourth-order valence-corrected chi connectivity index (χ4v) is 2.85. The van der Waals surface area contributed by atoms with Crippen LogP contribution in [0.5, 0.6) is 5.75 Å². The van der Waals surface area contributed by atoms with Gasteiger partial charge >= 0.3 is 0 Å². The number of hydrogen-bond donors (Lipinski definition) is 1. The van der Waals surface area contributed by atoms with Crippen LogP contribution in [0.25, 0.3) is 0 Å². The molecule has 0 unspecified atom stereocenters. The predicted octanol–water partition coefficient (Wildman–Crippen LogP) is 5.46. The quantitative estimate of drug-likeness (QED) is 0.606. The Kier molecular flexibility index (Phi) is 5.81. The van der Waals surface area contributed by atoms with Crippen molar-refractivity contribution in [2.24, 2.45) is 0 Å². The summed E-state index contributed by atoms with van der Waals surface area (Å²) in [5.41, 5.74) is 1.85. The summed E-state index contributed by atoms with van der Waals surface area (Å²) in [5.74, 6) is 1.71. The highest BCUT2D eigenvalue weighted by Crippen LogP contribution is 2.27. The average Bonchev–Trinajstić information content (AvgIpc) is 3.09. The van der Waals surface area contributed by atoms with Gasteiger partial charge in [-0.05, 0) is 30.3 Å². The summed E-state index contributed by atoms with van der Waals surface area (Å²) in [5, 5.41) is 4.55. The molecule has 3 rings (SSSR count). The number of ether oxygens (including phenoxy) is 1. The van der Waals surface area contributed by atoms with Crippen LogP contribution in [-0.2, 0) is 19.7 Å². The van der Waals surface area contributed by atoms with Crippen LogP contribution in [0.3, 0.4) is 0 Å². The van der Waals surface area contributed by atoms with Gasteiger partial charge in [0, 0.05) is 27.7 Å². The van der Waals surface area contributed by atoms with E-state index >= 15 is 0 Å². The van der Waals surface area contributed by atoms with Crippen LogP contribution < -0.4 is 10.1 Å². The molecule has 0 aliphatic heterocycles. The van der Waals surface area contributed by atoms with E-state index in [0.717, 1.165) is 22.6 Å². The summed E-state index contributed by atoms with van der Waals surface area (Å²) in [6.45, 7) is 1.67. The van der Waals surface area contributed by atoms with Crippen molar-refractivity contribution in [3.8, 4) is 5.75 Å². The summed E-state index contributed by atoms with van der Waals surface area (Å²) in [6, 6.07) is 17.1. The fraction of sp³-hybridized carbons (Fsp3) is 0.158. The van der Waals surface area contributed by atoms with Crippen LogP contribution in [0.2, 0.25) is 10.0 Å². The second-order valence-electron chi connectivity index (χ2n) is 5.28. The van der Waals surface area contributed by atoms with Gasteiger partial charge in [-0.3, -0.25) is 0 Å². The van der Waals surface area contributed by atoms with E-state index in [1.54, 1.807) is 6.26 Å². The van der Waals surface area contributed by atoms with Gasteiger partial charge in [-0.15, -0.1) is 0 Å². The first-order chi connectivity index (χ1) is 11.7. The van der Waals surface area contributed by atoms with Crippen molar-refractivity contribution in [3.63, 3.8) is 0 Å². The van der Waals surface area contributed by atoms with Gasteiger partial charge in [0.05, 0.1) is 12.8 Å². The third-order valence-corrected chi connectivity index (χ3v) is 4.31. The van der Waals surface area contributed by atoms with Gasteiger partial charge < -0.3 is 14.5 Å². The van der Waals surface area contributed by atoms with Crippen molar-refractivity contribution in [1.29, 1.82) is 0 Å². The second-order valence-corrected chi connectivity index (χ2v) is 6.09. The lowest BCUT2D eigenvalue weighted by molar-refractivity contribution is 0.302. The third-order valence-electron chi connectivity index (χ3n) is 3.60. The van der Waals surface area contributed by atoms with E-state index in [-0.39, 0.29) is 0 Å². The summed E-state index contributed by atoms with van der Waals surface area (Å²) < 4.78 is 11.3. The van der Waals surface area contributed by atoms with E-state index in [9.17, 15) is 0 Å². The highest BCUT2D eigenvalue weighted by atomic mass is 35.5. The van der Waals surface area contributed by atoms with Gasteiger partial charge in [0.2, 0.25) is 0 Å². The average molecular weight is 362 g/mol. The van der Waals surface area contributed by atoms with Gasteiger partial charge in [-0.1, -0.05) is 47.5 Å². The zero-order chi connectivity index (χ0) is 16.8. The zero-order valence-electron chi connectivity index (χ0n) is 13.0. The molecular formula is C19H17Cl2NO2. The molecule has 0 amide bonds. The lowest BCUT2D eigenvalue weighted by Crippen LogP contribution is -2.13. The van der Waals surface area contributed by atoms with Crippen LogP contribution in [0, 0.1) is 0 Å². The largest absolute Gasteiger partial charge is 0.488 e. The molecule has 0 atom stereocenters. The molecule has 0 bridgehead atoms. The highest BCUT2D eigenvalue weighted by molar-refractivity contribution is 6.35. The van der Waals surface area contributed by atoms with Crippen molar-refractivity contribution in [2.75, 3.05) is 0 Å². The maximum atomic E-state index is 6.19. The summed E-state index contributed by atoms with van der Waals surface area (Å²) in [7, 11) is 0. The Bertz CT molecular complexity index is 768. The topological polar surface area (TPSA) is 34.4 Å². The fourth-order valence-electron chi connectivity index (χ4n) is 2.34. The van der Waals surface area contributed by atoms with Crippen molar-refractivity contribution in [2.45, 2.75) is 19.7 Å². The number of benzene rings is 2. The first kappa shape index (κ1) is 16.9. The number of rotatable bonds is 7. The Labute approximate surface area is 151 Å². The van der Waals surface area contributed by atoms with E-state index < -0.39 is 0 Å². The van der Waals surface area contributed by atoms with E-state index in [1.165, 1.54) is 0 Å². The SMILES string of the molecule is Clc1cccc(Cl)c1COc1ccccc1CNCc1ccco1. The number of furan rings is 1. The van der Waals surface area contributed by atoms with E-state index in [0.29, 0.717) is 29.7 Å². The molecule has 0 saturated carbocycles. The monoisotopic (exact) mass is 361 g/mol. The van der Waals surface area contributed by atoms with Crippen molar-refractivity contribution in [3.05, 3.63) is 87.8 Å². The van der Waals surface area contributed by atoms with Crippen LogP contribution in [0.4, 0.5) is 0 Å². The van der Waals surface area contributed by atoms with Crippen molar-refractivity contribution >= 4 is 23.2 Å². The molecular weight excluding hydrogens is 345 g/mol. The summed E-state index contributed by atoms with van der Waals surface area (Å²) >= 11 is 12.4. The Morgan fingerprint density at radius 3 is 2.42 bits per heavy atom. The third kappa shape index (κ3) is 4.32. The Morgan fingerprint density at radius 2 is 1.67 bits per heavy atom. The van der Waals surface area contributed by atoms with Gasteiger partial charge in [-0.25, -0.2) is 0 Å². The Hall–Kier alpha value is -1.94. The van der Waals surface area contributed by atoms with E-state index in [2.05, 4.69) is 5.32 Å². The lowest BCUT2D eigenvalue weighted by atomic mass is 10.2. The molecule has 24 heavy (non-hydrogen) atoms. The molecule has 5 heteroatoms. The molecule has 1 heterocycles. The summed E-state index contributed by atoms with van der Waals surface area (Å²) in [6.07, 6.45) is 1.67. The predicted molar refractivity (Wildman–Crippen MR) is 96.5 cm³/mol. The minimum atomic E-state index is 0.327. The molecule has 2 aromatic carbocycles. The van der Waals surface area contributed by atoms with Crippen LogP contribution >= 0.6 is 23.2 Å². The van der Waals surface area contributed by atoms with Gasteiger partial charge in [0.1, 0.15) is 18.1 Å². The molecule has 124 valence electrons. The van der Waals surface area contributed by atoms with Crippen LogP contribution in [-0.4, -0.2) is 0 Å². The van der Waals surface area contributed by atoms with Gasteiger partial charge in [0.15, 0.2) is 0 Å². The molecule has 0 spiro atoms. The number of para-hydroxylation sites is 1. The van der Waals surface area contributed by atoms with E-state index in [4.69, 9.17) is 32.4 Å². The minimum Gasteiger partial charge on any atom is -0.488 e.